The fourth-order valence-electron chi connectivity index (χ4n) is 3.55. The summed E-state index contributed by atoms with van der Waals surface area (Å²) in [7, 11) is 1.00. The van der Waals surface area contributed by atoms with Crippen molar-refractivity contribution in [3.8, 4) is 11.4 Å². The highest BCUT2D eigenvalue weighted by Gasteiger charge is 2.22. The first-order valence-electron chi connectivity index (χ1n) is 9.47. The van der Waals surface area contributed by atoms with Crippen molar-refractivity contribution in [1.82, 2.24) is 9.55 Å². The summed E-state index contributed by atoms with van der Waals surface area (Å²) in [4.78, 5) is 31.4. The number of thiophene rings is 1. The Bertz CT molecular complexity index is 1300. The Labute approximate surface area is 181 Å². The van der Waals surface area contributed by atoms with E-state index in [0.717, 1.165) is 30.5 Å². The molecule has 0 fully saturated rings. The van der Waals surface area contributed by atoms with Crippen LogP contribution in [0.2, 0.25) is 0 Å². The summed E-state index contributed by atoms with van der Waals surface area (Å²) < 4.78 is 7.32. The second-order valence-corrected chi connectivity index (χ2v) is 7.64. The number of fused-ring (bicyclic) bond motifs is 2. The van der Waals surface area contributed by atoms with Crippen molar-refractivity contribution in [2.45, 2.75) is 0 Å². The smallest absolute Gasteiger partial charge is 0.298 e. The van der Waals surface area contributed by atoms with E-state index in [0.29, 0.717) is 34.1 Å². The summed E-state index contributed by atoms with van der Waals surface area (Å²) in [5.41, 5.74) is 8.54. The van der Waals surface area contributed by atoms with Gasteiger partial charge in [0.25, 0.3) is 5.56 Å². The number of para-hydroxylation sites is 1. The normalized spacial score (nSPS) is 12.5. The minimum absolute atomic E-state index is 0.106. The molecule has 0 spiro atoms. The van der Waals surface area contributed by atoms with E-state index >= 15 is 0 Å². The molecule has 9 heteroatoms. The SMILES string of the molecule is CO.Nc1nc2sc(C=O)cc2n(-c2ccc3c(c2)N(c2ccccc2)CCO3)c1=O. The molecule has 2 aromatic heterocycles. The lowest BCUT2D eigenvalue weighted by atomic mass is 10.1. The second kappa shape index (κ2) is 8.58. The topological polar surface area (TPSA) is 111 Å². The number of rotatable bonds is 3. The molecule has 1 aliphatic rings. The third-order valence-electron chi connectivity index (χ3n) is 4.85. The third-order valence-corrected chi connectivity index (χ3v) is 5.79. The van der Waals surface area contributed by atoms with E-state index in [1.165, 1.54) is 15.9 Å². The first-order valence-corrected chi connectivity index (χ1v) is 10.3. The van der Waals surface area contributed by atoms with Crippen LogP contribution >= 0.6 is 11.3 Å². The molecule has 4 aromatic rings. The van der Waals surface area contributed by atoms with Gasteiger partial charge in [-0.05, 0) is 36.4 Å². The van der Waals surface area contributed by atoms with Crippen LogP contribution in [0.5, 0.6) is 5.75 Å². The molecule has 1 aliphatic heterocycles. The van der Waals surface area contributed by atoms with Crippen LogP contribution in [0.1, 0.15) is 9.67 Å². The van der Waals surface area contributed by atoms with E-state index in [9.17, 15) is 9.59 Å². The Morgan fingerprint density at radius 1 is 1.13 bits per heavy atom. The van der Waals surface area contributed by atoms with Gasteiger partial charge >= 0.3 is 0 Å². The lowest BCUT2D eigenvalue weighted by Gasteiger charge is -2.31. The lowest BCUT2D eigenvalue weighted by Crippen LogP contribution is -2.29. The van der Waals surface area contributed by atoms with Gasteiger partial charge in [-0.2, -0.15) is 0 Å². The van der Waals surface area contributed by atoms with Gasteiger partial charge in [0.1, 0.15) is 17.2 Å². The number of anilines is 3. The maximum atomic E-state index is 12.8. The summed E-state index contributed by atoms with van der Waals surface area (Å²) in [6.45, 7) is 1.26. The van der Waals surface area contributed by atoms with Crippen molar-refractivity contribution in [3.05, 3.63) is 69.8 Å². The molecule has 5 rings (SSSR count). The van der Waals surface area contributed by atoms with Gasteiger partial charge in [0.05, 0.1) is 28.3 Å². The van der Waals surface area contributed by atoms with Gasteiger partial charge in [0.2, 0.25) is 0 Å². The van der Waals surface area contributed by atoms with Gasteiger partial charge in [-0.3, -0.25) is 14.2 Å². The number of aldehydes is 1. The largest absolute Gasteiger partial charge is 0.490 e. The molecule has 0 saturated heterocycles. The maximum Gasteiger partial charge on any atom is 0.298 e. The minimum atomic E-state index is -0.421. The van der Waals surface area contributed by atoms with Gasteiger partial charge in [-0.1, -0.05) is 18.2 Å². The average Bonchev–Trinajstić information content (AvgIpc) is 3.23. The molecule has 0 atom stereocenters. The van der Waals surface area contributed by atoms with Crippen molar-refractivity contribution in [1.29, 1.82) is 0 Å². The van der Waals surface area contributed by atoms with Gasteiger partial charge in [0.15, 0.2) is 12.1 Å². The van der Waals surface area contributed by atoms with Crippen LogP contribution in [-0.4, -0.2) is 41.2 Å². The number of benzene rings is 2. The van der Waals surface area contributed by atoms with Crippen LogP contribution in [0.15, 0.2) is 59.4 Å². The summed E-state index contributed by atoms with van der Waals surface area (Å²) in [5, 5.41) is 7.00. The molecule has 0 saturated carbocycles. The second-order valence-electron chi connectivity index (χ2n) is 6.58. The monoisotopic (exact) mass is 436 g/mol. The summed E-state index contributed by atoms with van der Waals surface area (Å²) in [6.07, 6.45) is 0.745. The molecular weight excluding hydrogens is 416 g/mol. The van der Waals surface area contributed by atoms with Crippen molar-refractivity contribution in [3.63, 3.8) is 0 Å². The Balaban J connectivity index is 0.00000112. The molecule has 0 amide bonds. The molecule has 8 nitrogen and oxygen atoms in total. The predicted molar refractivity (Wildman–Crippen MR) is 122 cm³/mol. The van der Waals surface area contributed by atoms with E-state index < -0.39 is 5.56 Å². The van der Waals surface area contributed by atoms with Crippen LogP contribution in [0, 0.1) is 0 Å². The standard InChI is InChI=1S/C21H16N4O3S.CH4O/c22-19-21(27)25(17-11-15(12-26)29-20(17)23-19)14-6-7-18-16(10-14)24(8-9-28-18)13-4-2-1-3-5-13;1-2/h1-7,10-12H,8-9H2,(H2,22,23);2H,1H3. The van der Waals surface area contributed by atoms with E-state index in [-0.39, 0.29) is 5.82 Å². The number of aliphatic hydroxyl groups excluding tert-OH is 1. The Kier molecular flexibility index (Phi) is 5.70. The molecule has 3 N–H and O–H groups in total. The average molecular weight is 436 g/mol. The third kappa shape index (κ3) is 3.65. The number of nitrogen functional groups attached to an aromatic ring is 1. The number of hydrogen-bond acceptors (Lipinski definition) is 8. The summed E-state index contributed by atoms with van der Waals surface area (Å²) in [6, 6.07) is 17.2. The number of hydrogen-bond donors (Lipinski definition) is 2. The van der Waals surface area contributed by atoms with Crippen molar-refractivity contribution >= 4 is 45.2 Å². The Morgan fingerprint density at radius 2 is 1.90 bits per heavy atom. The first kappa shape index (κ1) is 20.6. The zero-order valence-electron chi connectivity index (χ0n) is 16.7. The molecule has 0 aliphatic carbocycles. The van der Waals surface area contributed by atoms with Crippen LogP contribution < -0.4 is 20.9 Å². The minimum Gasteiger partial charge on any atom is -0.490 e. The van der Waals surface area contributed by atoms with E-state index in [1.54, 1.807) is 6.07 Å². The van der Waals surface area contributed by atoms with Crippen LogP contribution in [0.4, 0.5) is 17.2 Å². The number of aromatic nitrogens is 2. The van der Waals surface area contributed by atoms with E-state index in [1.807, 2.05) is 48.5 Å². The Hall–Kier alpha value is -3.69. The molecule has 158 valence electrons. The molecule has 0 radical (unpaired) electrons. The van der Waals surface area contributed by atoms with Crippen molar-refractivity contribution in [2.24, 2.45) is 0 Å². The van der Waals surface area contributed by atoms with E-state index in [4.69, 9.17) is 15.6 Å². The number of aliphatic hydroxyl groups is 1. The number of nitrogens with zero attached hydrogens (tertiary/aromatic N) is 3. The molecule has 3 heterocycles. The van der Waals surface area contributed by atoms with E-state index in [2.05, 4.69) is 9.88 Å². The summed E-state index contributed by atoms with van der Waals surface area (Å²) in [5.74, 6) is 0.639. The fourth-order valence-corrected chi connectivity index (χ4v) is 4.39. The number of carbonyl (C=O) groups excluding carboxylic acids is 1. The maximum absolute atomic E-state index is 12.8. The molecule has 31 heavy (non-hydrogen) atoms. The Morgan fingerprint density at radius 3 is 2.65 bits per heavy atom. The van der Waals surface area contributed by atoms with Gasteiger partial charge in [-0.15, -0.1) is 11.3 Å². The molecule has 0 bridgehead atoms. The number of ether oxygens (including phenoxy) is 1. The van der Waals surface area contributed by atoms with Gasteiger partial charge in [-0.25, -0.2) is 4.98 Å². The highest BCUT2D eigenvalue weighted by molar-refractivity contribution is 7.20. The zero-order chi connectivity index (χ0) is 22.0. The molecule has 2 aromatic carbocycles. The predicted octanol–water partition coefficient (Wildman–Crippen LogP) is 2.98. The first-order chi connectivity index (χ1) is 15.2. The fraction of sp³-hybridized carbons (Fsp3) is 0.136. The van der Waals surface area contributed by atoms with Gasteiger partial charge in [0, 0.05) is 12.8 Å². The molecule has 0 unspecified atom stereocenters. The number of carbonyl (C=O) groups is 1. The molecular formula is C22H20N4O4S. The highest BCUT2D eigenvalue weighted by atomic mass is 32.1. The van der Waals surface area contributed by atoms with Crippen LogP contribution in [-0.2, 0) is 0 Å². The van der Waals surface area contributed by atoms with Crippen LogP contribution in [0.3, 0.4) is 0 Å². The van der Waals surface area contributed by atoms with Crippen LogP contribution in [0.25, 0.3) is 16.0 Å². The van der Waals surface area contributed by atoms with Gasteiger partial charge < -0.3 is 20.5 Å². The highest BCUT2D eigenvalue weighted by Crippen LogP contribution is 2.38. The quantitative estimate of drug-likeness (QED) is 0.475. The zero-order valence-corrected chi connectivity index (χ0v) is 17.5. The lowest BCUT2D eigenvalue weighted by molar-refractivity contribution is 0.112. The number of nitrogens with two attached hydrogens (primary N) is 1. The van der Waals surface area contributed by atoms with Crippen molar-refractivity contribution in [2.75, 3.05) is 30.9 Å². The summed E-state index contributed by atoms with van der Waals surface area (Å²) >= 11 is 1.20. The van der Waals surface area contributed by atoms with Crippen molar-refractivity contribution < 1.29 is 14.6 Å².